The maximum absolute atomic E-state index is 14.3. The number of rotatable bonds is 12. The van der Waals surface area contributed by atoms with Crippen LogP contribution < -0.4 is 9.62 Å². The molecule has 2 amide bonds. The molecule has 0 radical (unpaired) electrons. The summed E-state index contributed by atoms with van der Waals surface area (Å²) in [5.74, 6) is -0.969. The van der Waals surface area contributed by atoms with Gasteiger partial charge < -0.3 is 10.2 Å². The fraction of sp³-hybridized carbons (Fsp3) is 0.188. The van der Waals surface area contributed by atoms with E-state index in [1.54, 1.807) is 49.4 Å². The molecule has 4 aromatic rings. The number of sulfonamides is 1. The van der Waals surface area contributed by atoms with Crippen LogP contribution in [0.15, 0.2) is 108 Å². The molecule has 224 valence electrons. The van der Waals surface area contributed by atoms with Gasteiger partial charge in [-0.2, -0.15) is 0 Å². The predicted molar refractivity (Wildman–Crippen MR) is 172 cm³/mol. The standard InChI is InChI=1S/C32H30Cl3N3O4S/c1-2-36-32(40)30(19-23-9-5-3-6-10-23)37(21-24-13-15-25(33)16-14-24)31(39)22-38(29-18-17-26(34)20-28(29)35)43(41,42)27-11-7-4-8-12-27/h3-18,20,30H,2,19,21-22H2,1H3,(H,36,40). The molecule has 43 heavy (non-hydrogen) atoms. The van der Waals surface area contributed by atoms with Crippen molar-refractivity contribution >= 4 is 62.3 Å². The van der Waals surface area contributed by atoms with Gasteiger partial charge in [0.25, 0.3) is 10.0 Å². The van der Waals surface area contributed by atoms with E-state index in [2.05, 4.69) is 5.32 Å². The zero-order valence-corrected chi connectivity index (χ0v) is 26.4. The minimum absolute atomic E-state index is 0.0253. The first-order valence-electron chi connectivity index (χ1n) is 13.5. The van der Waals surface area contributed by atoms with Gasteiger partial charge in [0.2, 0.25) is 11.8 Å². The van der Waals surface area contributed by atoms with E-state index in [9.17, 15) is 18.0 Å². The van der Waals surface area contributed by atoms with Crippen LogP contribution in [0, 0.1) is 0 Å². The molecule has 0 saturated carbocycles. The van der Waals surface area contributed by atoms with E-state index in [0.717, 1.165) is 9.87 Å². The molecule has 0 aliphatic heterocycles. The van der Waals surface area contributed by atoms with Crippen molar-refractivity contribution in [2.24, 2.45) is 0 Å². The quantitative estimate of drug-likeness (QED) is 0.185. The average molecular weight is 659 g/mol. The van der Waals surface area contributed by atoms with E-state index in [-0.39, 0.29) is 34.5 Å². The Kier molecular flexibility index (Phi) is 11.1. The van der Waals surface area contributed by atoms with E-state index in [0.29, 0.717) is 22.2 Å². The summed E-state index contributed by atoms with van der Waals surface area (Å²) in [5.41, 5.74) is 1.62. The van der Waals surface area contributed by atoms with Crippen molar-refractivity contribution in [1.82, 2.24) is 10.2 Å². The number of amides is 2. The van der Waals surface area contributed by atoms with E-state index in [1.165, 1.54) is 35.2 Å². The summed E-state index contributed by atoms with van der Waals surface area (Å²) in [4.78, 5) is 29.2. The van der Waals surface area contributed by atoms with E-state index < -0.39 is 28.5 Å². The molecule has 0 heterocycles. The third kappa shape index (κ3) is 8.30. The SMILES string of the molecule is CCNC(=O)C(Cc1ccccc1)N(Cc1ccc(Cl)cc1)C(=O)CN(c1ccc(Cl)cc1Cl)S(=O)(=O)c1ccccc1. The highest BCUT2D eigenvalue weighted by Gasteiger charge is 2.35. The second-order valence-corrected chi connectivity index (χ2v) is 12.8. The minimum atomic E-state index is -4.27. The molecule has 0 spiro atoms. The van der Waals surface area contributed by atoms with Crippen molar-refractivity contribution in [3.8, 4) is 0 Å². The average Bonchev–Trinajstić information content (AvgIpc) is 3.00. The van der Waals surface area contributed by atoms with Gasteiger partial charge in [0.1, 0.15) is 12.6 Å². The van der Waals surface area contributed by atoms with Gasteiger partial charge in [-0.15, -0.1) is 0 Å². The zero-order chi connectivity index (χ0) is 31.0. The van der Waals surface area contributed by atoms with Crippen LogP contribution in [0.2, 0.25) is 15.1 Å². The van der Waals surface area contributed by atoms with Gasteiger partial charge in [-0.05, 0) is 60.5 Å². The van der Waals surface area contributed by atoms with Crippen molar-refractivity contribution < 1.29 is 18.0 Å². The van der Waals surface area contributed by atoms with Gasteiger partial charge in [0.15, 0.2) is 0 Å². The second kappa shape index (κ2) is 14.8. The van der Waals surface area contributed by atoms with Gasteiger partial charge in [0, 0.05) is 29.6 Å². The van der Waals surface area contributed by atoms with Gasteiger partial charge in [-0.25, -0.2) is 8.42 Å². The summed E-state index contributed by atoms with van der Waals surface area (Å²) in [5, 5.41) is 3.70. The van der Waals surface area contributed by atoms with Crippen LogP contribution in [-0.2, 0) is 32.6 Å². The van der Waals surface area contributed by atoms with Crippen molar-refractivity contribution in [3.63, 3.8) is 0 Å². The van der Waals surface area contributed by atoms with Crippen molar-refractivity contribution in [3.05, 3.63) is 129 Å². The maximum Gasteiger partial charge on any atom is 0.264 e. The molecule has 0 bridgehead atoms. The first-order chi connectivity index (χ1) is 20.6. The van der Waals surface area contributed by atoms with E-state index in [1.807, 2.05) is 30.3 Å². The lowest BCUT2D eigenvalue weighted by molar-refractivity contribution is -0.140. The van der Waals surface area contributed by atoms with Crippen LogP contribution in [0.1, 0.15) is 18.1 Å². The summed E-state index contributed by atoms with van der Waals surface area (Å²) in [6.07, 6.45) is 0.207. The Morgan fingerprint density at radius 2 is 1.40 bits per heavy atom. The lowest BCUT2D eigenvalue weighted by Gasteiger charge is -2.34. The van der Waals surface area contributed by atoms with Gasteiger partial charge in [-0.1, -0.05) is 95.5 Å². The molecule has 0 saturated heterocycles. The third-order valence-corrected chi connectivity index (χ3v) is 9.24. The van der Waals surface area contributed by atoms with Gasteiger partial charge in [-0.3, -0.25) is 13.9 Å². The molecule has 0 aliphatic rings. The summed E-state index contributed by atoms with van der Waals surface area (Å²) < 4.78 is 28.9. The molecular formula is C32H30Cl3N3O4S. The summed E-state index contributed by atoms with van der Waals surface area (Å²) >= 11 is 18.7. The van der Waals surface area contributed by atoms with Crippen LogP contribution >= 0.6 is 34.8 Å². The largest absolute Gasteiger partial charge is 0.355 e. The number of likely N-dealkylation sites (N-methyl/N-ethyl adjacent to an activating group) is 1. The highest BCUT2D eigenvalue weighted by Crippen LogP contribution is 2.33. The smallest absolute Gasteiger partial charge is 0.264 e. The highest BCUT2D eigenvalue weighted by atomic mass is 35.5. The molecule has 11 heteroatoms. The molecule has 1 N–H and O–H groups in total. The summed E-state index contributed by atoms with van der Waals surface area (Å²) in [7, 11) is -4.27. The summed E-state index contributed by atoms with van der Waals surface area (Å²) in [6.45, 7) is 1.54. The topological polar surface area (TPSA) is 86.8 Å². The second-order valence-electron chi connectivity index (χ2n) is 9.67. The Morgan fingerprint density at radius 3 is 2.00 bits per heavy atom. The first kappa shape index (κ1) is 32.4. The number of carbonyl (C=O) groups excluding carboxylic acids is 2. The molecule has 0 aromatic heterocycles. The van der Waals surface area contributed by atoms with Crippen LogP contribution in [0.25, 0.3) is 0 Å². The molecule has 7 nitrogen and oxygen atoms in total. The van der Waals surface area contributed by atoms with Crippen LogP contribution in [0.4, 0.5) is 5.69 Å². The predicted octanol–water partition coefficient (Wildman–Crippen LogP) is 6.62. The minimum Gasteiger partial charge on any atom is -0.355 e. The third-order valence-electron chi connectivity index (χ3n) is 6.68. The van der Waals surface area contributed by atoms with E-state index in [4.69, 9.17) is 34.8 Å². The Labute approximate surface area is 267 Å². The Balaban J connectivity index is 1.81. The van der Waals surface area contributed by atoms with Crippen molar-refractivity contribution in [2.45, 2.75) is 30.8 Å². The number of hydrogen-bond donors (Lipinski definition) is 1. The molecule has 0 fully saturated rings. The number of anilines is 1. The first-order valence-corrected chi connectivity index (χ1v) is 16.1. The van der Waals surface area contributed by atoms with Crippen molar-refractivity contribution in [1.29, 1.82) is 0 Å². The van der Waals surface area contributed by atoms with Crippen LogP contribution in [0.3, 0.4) is 0 Å². The number of benzene rings is 4. The summed E-state index contributed by atoms with van der Waals surface area (Å²) in [6, 6.07) is 27.4. The lowest BCUT2D eigenvalue weighted by atomic mass is 10.0. The molecule has 4 rings (SSSR count). The fourth-order valence-corrected chi connectivity index (χ4v) is 6.69. The van der Waals surface area contributed by atoms with Crippen LogP contribution in [-0.4, -0.2) is 44.3 Å². The highest BCUT2D eigenvalue weighted by molar-refractivity contribution is 7.92. The zero-order valence-electron chi connectivity index (χ0n) is 23.3. The number of carbonyl (C=O) groups is 2. The number of halogens is 3. The maximum atomic E-state index is 14.3. The molecule has 4 aromatic carbocycles. The monoisotopic (exact) mass is 657 g/mol. The molecular weight excluding hydrogens is 629 g/mol. The van der Waals surface area contributed by atoms with Crippen molar-refractivity contribution in [2.75, 3.05) is 17.4 Å². The lowest BCUT2D eigenvalue weighted by Crippen LogP contribution is -2.53. The van der Waals surface area contributed by atoms with Crippen LogP contribution in [0.5, 0.6) is 0 Å². The Hall–Kier alpha value is -3.56. The number of hydrogen-bond acceptors (Lipinski definition) is 4. The van der Waals surface area contributed by atoms with E-state index >= 15 is 0 Å². The van der Waals surface area contributed by atoms with Gasteiger partial charge >= 0.3 is 0 Å². The number of nitrogens with one attached hydrogen (secondary N) is 1. The fourth-order valence-electron chi connectivity index (χ4n) is 4.55. The van der Waals surface area contributed by atoms with Gasteiger partial charge in [0.05, 0.1) is 15.6 Å². The number of nitrogens with zero attached hydrogens (tertiary/aromatic N) is 2. The molecule has 1 unspecified atom stereocenters. The molecule has 1 atom stereocenters. The Bertz CT molecular complexity index is 1650. The Morgan fingerprint density at radius 1 is 0.791 bits per heavy atom. The normalized spacial score (nSPS) is 11.9. The molecule has 0 aliphatic carbocycles.